The molecule has 0 aliphatic carbocycles. The molecule has 0 aromatic carbocycles. The molecule has 0 amide bonds. The summed E-state index contributed by atoms with van der Waals surface area (Å²) in [6.07, 6.45) is 3.54. The highest BCUT2D eigenvalue weighted by atomic mass is 15.2. The molecule has 0 bridgehead atoms. The van der Waals surface area contributed by atoms with E-state index in [1.54, 1.807) is 0 Å². The van der Waals surface area contributed by atoms with Crippen LogP contribution in [0.3, 0.4) is 0 Å². The molecule has 0 saturated carbocycles. The van der Waals surface area contributed by atoms with Crippen LogP contribution in [0.4, 0.5) is 11.9 Å². The van der Waals surface area contributed by atoms with E-state index in [2.05, 4.69) is 19.9 Å². The molecule has 18 heavy (non-hydrogen) atoms. The normalized spacial score (nSPS) is 21.1. The lowest BCUT2D eigenvalue weighted by atomic mass is 9.95. The first-order valence-corrected chi connectivity index (χ1v) is 6.35. The Morgan fingerprint density at radius 2 is 1.89 bits per heavy atom. The number of hydrogen-bond donors (Lipinski definition) is 3. The average molecular weight is 251 g/mol. The zero-order valence-corrected chi connectivity index (χ0v) is 10.5. The third-order valence-electron chi connectivity index (χ3n) is 3.26. The van der Waals surface area contributed by atoms with Gasteiger partial charge in [0.1, 0.15) is 5.82 Å². The van der Waals surface area contributed by atoms with Crippen LogP contribution in [0.5, 0.6) is 0 Å². The average Bonchev–Trinajstić information content (AvgIpc) is 2.28. The largest absolute Gasteiger partial charge is 0.368 e. The van der Waals surface area contributed by atoms with Gasteiger partial charge in [-0.15, -0.1) is 0 Å². The van der Waals surface area contributed by atoms with E-state index < -0.39 is 0 Å². The van der Waals surface area contributed by atoms with Crippen LogP contribution >= 0.6 is 0 Å². The van der Waals surface area contributed by atoms with Crippen LogP contribution in [0.15, 0.2) is 0 Å². The molecular formula is C11H21N7. The number of likely N-dealkylation sites (tertiary alicyclic amines) is 1. The SMILES string of the molecule is NCCC1CCCN(Cc2nc(N)nc(N)n2)C1. The summed E-state index contributed by atoms with van der Waals surface area (Å²) in [5, 5.41) is 0. The van der Waals surface area contributed by atoms with Crippen molar-refractivity contribution in [2.75, 3.05) is 31.1 Å². The lowest BCUT2D eigenvalue weighted by Crippen LogP contribution is -2.36. The zero-order valence-electron chi connectivity index (χ0n) is 10.5. The number of nitrogen functional groups attached to an aromatic ring is 2. The predicted molar refractivity (Wildman–Crippen MR) is 70.3 cm³/mol. The van der Waals surface area contributed by atoms with Gasteiger partial charge in [-0.3, -0.25) is 4.90 Å². The smallest absolute Gasteiger partial charge is 0.225 e. The molecule has 6 N–H and O–H groups in total. The fraction of sp³-hybridized carbons (Fsp3) is 0.727. The minimum Gasteiger partial charge on any atom is -0.368 e. The molecule has 1 aliphatic rings. The number of aromatic nitrogens is 3. The van der Waals surface area contributed by atoms with Crippen LogP contribution in [0, 0.1) is 5.92 Å². The Balaban J connectivity index is 1.95. The van der Waals surface area contributed by atoms with E-state index in [1.807, 2.05) is 0 Å². The summed E-state index contributed by atoms with van der Waals surface area (Å²) >= 11 is 0. The summed E-state index contributed by atoms with van der Waals surface area (Å²) in [7, 11) is 0. The van der Waals surface area contributed by atoms with Gasteiger partial charge in [-0.05, 0) is 38.3 Å². The van der Waals surface area contributed by atoms with Crippen molar-refractivity contribution in [1.82, 2.24) is 19.9 Å². The van der Waals surface area contributed by atoms with Crippen LogP contribution in [0.25, 0.3) is 0 Å². The number of nitrogens with two attached hydrogens (primary N) is 3. The molecular weight excluding hydrogens is 230 g/mol. The Hall–Kier alpha value is -1.47. The molecule has 2 rings (SSSR count). The van der Waals surface area contributed by atoms with E-state index in [0.29, 0.717) is 18.3 Å². The molecule has 100 valence electrons. The van der Waals surface area contributed by atoms with Crippen molar-refractivity contribution in [3.05, 3.63) is 5.82 Å². The van der Waals surface area contributed by atoms with Gasteiger partial charge >= 0.3 is 0 Å². The van der Waals surface area contributed by atoms with Crippen LogP contribution in [-0.2, 0) is 6.54 Å². The Kier molecular flexibility index (Phi) is 4.27. The number of hydrogen-bond acceptors (Lipinski definition) is 7. The van der Waals surface area contributed by atoms with E-state index in [4.69, 9.17) is 17.2 Å². The molecule has 1 fully saturated rings. The van der Waals surface area contributed by atoms with E-state index in [-0.39, 0.29) is 11.9 Å². The third kappa shape index (κ3) is 3.51. The second kappa shape index (κ2) is 5.92. The van der Waals surface area contributed by atoms with Crippen molar-refractivity contribution >= 4 is 11.9 Å². The summed E-state index contributed by atoms with van der Waals surface area (Å²) in [5.41, 5.74) is 16.7. The van der Waals surface area contributed by atoms with Gasteiger partial charge in [-0.25, -0.2) is 0 Å². The van der Waals surface area contributed by atoms with Crippen LogP contribution in [0.2, 0.25) is 0 Å². The second-order valence-corrected chi connectivity index (χ2v) is 4.79. The quantitative estimate of drug-likeness (QED) is 0.665. The maximum atomic E-state index is 5.61. The van der Waals surface area contributed by atoms with Gasteiger partial charge in [-0.1, -0.05) is 0 Å². The van der Waals surface area contributed by atoms with Crippen molar-refractivity contribution in [3.8, 4) is 0 Å². The Morgan fingerprint density at radius 3 is 2.56 bits per heavy atom. The Bertz CT molecular complexity index is 373. The van der Waals surface area contributed by atoms with Gasteiger partial charge in [0.25, 0.3) is 0 Å². The first-order valence-electron chi connectivity index (χ1n) is 6.35. The minimum atomic E-state index is 0.188. The number of piperidine rings is 1. The molecule has 1 aromatic heterocycles. The third-order valence-corrected chi connectivity index (χ3v) is 3.26. The van der Waals surface area contributed by atoms with Gasteiger partial charge < -0.3 is 17.2 Å². The zero-order chi connectivity index (χ0) is 13.0. The number of rotatable bonds is 4. The summed E-state index contributed by atoms with van der Waals surface area (Å²) in [6, 6.07) is 0. The summed E-state index contributed by atoms with van der Waals surface area (Å²) < 4.78 is 0. The highest BCUT2D eigenvalue weighted by molar-refractivity contribution is 5.25. The van der Waals surface area contributed by atoms with Crippen molar-refractivity contribution in [1.29, 1.82) is 0 Å². The van der Waals surface area contributed by atoms with Crippen LogP contribution in [0.1, 0.15) is 25.1 Å². The highest BCUT2D eigenvalue weighted by Crippen LogP contribution is 2.20. The first kappa shape index (κ1) is 13.0. The van der Waals surface area contributed by atoms with Crippen LogP contribution in [-0.4, -0.2) is 39.5 Å². The monoisotopic (exact) mass is 251 g/mol. The molecule has 1 atom stereocenters. The van der Waals surface area contributed by atoms with Crippen molar-refractivity contribution in [2.24, 2.45) is 11.7 Å². The summed E-state index contributed by atoms with van der Waals surface area (Å²) in [5.74, 6) is 1.70. The molecule has 7 heteroatoms. The van der Waals surface area contributed by atoms with E-state index in [1.165, 1.54) is 12.8 Å². The number of nitrogens with zero attached hydrogens (tertiary/aromatic N) is 4. The van der Waals surface area contributed by atoms with Crippen molar-refractivity contribution in [2.45, 2.75) is 25.8 Å². The molecule has 7 nitrogen and oxygen atoms in total. The predicted octanol–water partition coefficient (Wildman–Crippen LogP) is -0.403. The van der Waals surface area contributed by atoms with Gasteiger partial charge in [0.2, 0.25) is 11.9 Å². The molecule has 1 saturated heterocycles. The maximum Gasteiger partial charge on any atom is 0.225 e. The van der Waals surface area contributed by atoms with Gasteiger partial charge in [0.15, 0.2) is 0 Å². The molecule has 0 spiro atoms. The topological polar surface area (TPSA) is 120 Å². The molecule has 2 heterocycles. The Morgan fingerprint density at radius 1 is 1.17 bits per heavy atom. The van der Waals surface area contributed by atoms with Crippen LogP contribution < -0.4 is 17.2 Å². The van der Waals surface area contributed by atoms with Crippen molar-refractivity contribution < 1.29 is 0 Å². The van der Waals surface area contributed by atoms with Gasteiger partial charge in [-0.2, -0.15) is 15.0 Å². The van der Waals surface area contributed by atoms with Gasteiger partial charge in [0, 0.05) is 6.54 Å². The summed E-state index contributed by atoms with van der Waals surface area (Å²) in [6.45, 7) is 3.54. The minimum absolute atomic E-state index is 0.188. The van der Waals surface area contributed by atoms with E-state index in [9.17, 15) is 0 Å². The standard InChI is InChI=1S/C11H21N7/c12-4-3-8-2-1-5-18(6-8)7-9-15-10(13)17-11(14)16-9/h8H,1-7,12H2,(H4,13,14,15,16,17). The molecule has 0 radical (unpaired) electrons. The molecule has 1 aliphatic heterocycles. The maximum absolute atomic E-state index is 5.61. The second-order valence-electron chi connectivity index (χ2n) is 4.79. The summed E-state index contributed by atoms with van der Waals surface area (Å²) in [4.78, 5) is 14.3. The molecule has 1 aromatic rings. The fourth-order valence-electron chi connectivity index (χ4n) is 2.49. The van der Waals surface area contributed by atoms with E-state index >= 15 is 0 Å². The van der Waals surface area contributed by atoms with Crippen molar-refractivity contribution in [3.63, 3.8) is 0 Å². The highest BCUT2D eigenvalue weighted by Gasteiger charge is 2.20. The molecule has 1 unspecified atom stereocenters. The Labute approximate surface area is 107 Å². The lowest BCUT2D eigenvalue weighted by molar-refractivity contribution is 0.159. The van der Waals surface area contributed by atoms with Gasteiger partial charge in [0.05, 0.1) is 6.54 Å². The van der Waals surface area contributed by atoms with E-state index in [0.717, 1.165) is 26.1 Å². The number of anilines is 2. The fourth-order valence-corrected chi connectivity index (χ4v) is 2.49. The first-order chi connectivity index (χ1) is 8.67. The lowest BCUT2D eigenvalue weighted by Gasteiger charge is -2.32.